The second-order valence-electron chi connectivity index (χ2n) is 2.85. The van der Waals surface area contributed by atoms with Crippen molar-refractivity contribution < 1.29 is 4.39 Å². The minimum absolute atomic E-state index is 0.172. The summed E-state index contributed by atoms with van der Waals surface area (Å²) in [6.07, 6.45) is 1.99. The highest BCUT2D eigenvalue weighted by atomic mass is 35.5. The zero-order chi connectivity index (χ0) is 10.1. The van der Waals surface area contributed by atoms with E-state index in [-0.39, 0.29) is 11.7 Å². The Labute approximate surface area is 95.1 Å². The molecule has 14 heavy (non-hydrogen) atoms. The van der Waals surface area contributed by atoms with Gasteiger partial charge in [0.15, 0.2) is 0 Å². The molecule has 2 aromatic rings. The minimum atomic E-state index is -0.172. The molecule has 4 heteroatoms. The number of thiophene rings is 1. The Balaban J connectivity index is 2.80. The summed E-state index contributed by atoms with van der Waals surface area (Å²) in [5.74, 6) is 0.0552. The molecular weight excluding hydrogens is 239 g/mol. The first-order chi connectivity index (χ1) is 6.77. The van der Waals surface area contributed by atoms with Crippen LogP contribution in [0, 0.1) is 5.82 Å². The maximum absolute atomic E-state index is 13.7. The maximum atomic E-state index is 13.7. The van der Waals surface area contributed by atoms with Crippen molar-refractivity contribution in [1.82, 2.24) is 0 Å². The van der Waals surface area contributed by atoms with Crippen molar-refractivity contribution in [1.29, 1.82) is 0 Å². The van der Waals surface area contributed by atoms with Crippen LogP contribution >= 0.6 is 34.7 Å². The molecule has 0 atom stereocenters. The first-order valence-electron chi connectivity index (χ1n) is 4.06. The summed E-state index contributed by atoms with van der Waals surface area (Å²) in [6.45, 7) is 0. The largest absolute Gasteiger partial charge is 0.206 e. The molecule has 0 saturated heterocycles. The summed E-state index contributed by atoms with van der Waals surface area (Å²) in [6, 6.07) is 3.65. The van der Waals surface area contributed by atoms with Crippen LogP contribution in [0.15, 0.2) is 22.4 Å². The molecule has 0 unspecified atom stereocenters. The highest BCUT2D eigenvalue weighted by molar-refractivity contribution is 7.99. The molecule has 1 aromatic heterocycles. The van der Waals surface area contributed by atoms with E-state index >= 15 is 0 Å². The molecule has 0 aliphatic rings. The van der Waals surface area contributed by atoms with Gasteiger partial charge in [-0.25, -0.2) is 4.39 Å². The van der Waals surface area contributed by atoms with Crippen molar-refractivity contribution in [3.8, 4) is 0 Å². The van der Waals surface area contributed by atoms with Crippen molar-refractivity contribution in [3.05, 3.63) is 28.9 Å². The van der Waals surface area contributed by atoms with Gasteiger partial charge in [0, 0.05) is 15.8 Å². The van der Waals surface area contributed by atoms with E-state index in [9.17, 15) is 4.39 Å². The van der Waals surface area contributed by atoms with Gasteiger partial charge in [0.25, 0.3) is 0 Å². The number of fused-ring (bicyclic) bond motifs is 1. The van der Waals surface area contributed by atoms with Crippen LogP contribution in [0.3, 0.4) is 0 Å². The van der Waals surface area contributed by atoms with E-state index in [2.05, 4.69) is 0 Å². The van der Waals surface area contributed by atoms with Crippen LogP contribution in [-0.4, -0.2) is 6.26 Å². The van der Waals surface area contributed by atoms with Gasteiger partial charge < -0.3 is 0 Å². The number of thioether (sulfide) groups is 1. The third kappa shape index (κ3) is 1.53. The van der Waals surface area contributed by atoms with Gasteiger partial charge in [-0.15, -0.1) is 34.7 Å². The van der Waals surface area contributed by atoms with Gasteiger partial charge in [-0.1, -0.05) is 0 Å². The SMILES string of the molecule is CSc1cc(CCl)c(F)c2ccsc12. The Morgan fingerprint density at radius 1 is 1.57 bits per heavy atom. The number of hydrogen-bond donors (Lipinski definition) is 0. The fraction of sp³-hybridized carbons (Fsp3) is 0.200. The third-order valence-corrected chi connectivity index (χ3v) is 4.20. The lowest BCUT2D eigenvalue weighted by Gasteiger charge is -2.04. The van der Waals surface area contributed by atoms with Gasteiger partial charge in [0.05, 0.1) is 10.6 Å². The Bertz CT molecular complexity index is 464. The lowest BCUT2D eigenvalue weighted by molar-refractivity contribution is 0.628. The molecule has 0 bridgehead atoms. The van der Waals surface area contributed by atoms with Gasteiger partial charge in [0.1, 0.15) is 5.82 Å². The number of alkyl halides is 1. The van der Waals surface area contributed by atoms with Crippen molar-refractivity contribution in [2.75, 3.05) is 6.26 Å². The van der Waals surface area contributed by atoms with Gasteiger partial charge >= 0.3 is 0 Å². The van der Waals surface area contributed by atoms with Crippen molar-refractivity contribution in [3.63, 3.8) is 0 Å². The monoisotopic (exact) mass is 246 g/mol. The van der Waals surface area contributed by atoms with Crippen LogP contribution in [0.2, 0.25) is 0 Å². The zero-order valence-corrected chi connectivity index (χ0v) is 9.90. The summed E-state index contributed by atoms with van der Waals surface area (Å²) >= 11 is 8.88. The Hall–Kier alpha value is -0.250. The fourth-order valence-corrected chi connectivity index (χ4v) is 3.33. The molecule has 0 N–H and O–H groups in total. The quantitative estimate of drug-likeness (QED) is 0.555. The molecule has 0 aliphatic carbocycles. The highest BCUT2D eigenvalue weighted by Crippen LogP contribution is 2.34. The molecule has 0 radical (unpaired) electrons. The van der Waals surface area contributed by atoms with Crippen LogP contribution in [-0.2, 0) is 5.88 Å². The Morgan fingerprint density at radius 3 is 3.00 bits per heavy atom. The molecular formula is C10H8ClFS2. The molecule has 0 nitrogen and oxygen atoms in total. The number of halogens is 2. The Morgan fingerprint density at radius 2 is 2.36 bits per heavy atom. The first-order valence-corrected chi connectivity index (χ1v) is 6.70. The molecule has 0 aliphatic heterocycles. The molecule has 0 saturated carbocycles. The lowest BCUT2D eigenvalue weighted by Crippen LogP contribution is -1.87. The van der Waals surface area contributed by atoms with Crippen molar-refractivity contribution in [2.45, 2.75) is 10.8 Å². The van der Waals surface area contributed by atoms with Crippen LogP contribution < -0.4 is 0 Å². The van der Waals surface area contributed by atoms with E-state index in [0.717, 1.165) is 9.60 Å². The summed E-state index contributed by atoms with van der Waals surface area (Å²) in [4.78, 5) is 1.10. The molecule has 1 heterocycles. The van der Waals surface area contributed by atoms with Crippen LogP contribution in [0.4, 0.5) is 4.39 Å². The summed E-state index contributed by atoms with van der Waals surface area (Å²) in [5.41, 5.74) is 0.585. The molecule has 0 amide bonds. The van der Waals surface area contributed by atoms with Gasteiger partial charge in [0.2, 0.25) is 0 Å². The van der Waals surface area contributed by atoms with E-state index in [0.29, 0.717) is 10.9 Å². The van der Waals surface area contributed by atoms with Gasteiger partial charge in [-0.05, 0) is 23.8 Å². The second kappa shape index (κ2) is 4.09. The van der Waals surface area contributed by atoms with Crippen LogP contribution in [0.5, 0.6) is 0 Å². The average Bonchev–Trinajstić information content (AvgIpc) is 2.68. The average molecular weight is 247 g/mol. The zero-order valence-electron chi connectivity index (χ0n) is 7.51. The van der Waals surface area contributed by atoms with Gasteiger partial charge in [-0.2, -0.15) is 0 Å². The van der Waals surface area contributed by atoms with E-state index in [1.807, 2.05) is 23.8 Å². The molecule has 0 fully saturated rings. The fourth-order valence-electron chi connectivity index (χ4n) is 1.38. The topological polar surface area (TPSA) is 0 Å². The maximum Gasteiger partial charge on any atom is 0.136 e. The standard InChI is InChI=1S/C10H8ClFS2/c1-13-8-4-6(5-11)9(12)7-2-3-14-10(7)8/h2-4H,5H2,1H3. The third-order valence-electron chi connectivity index (χ3n) is 2.08. The van der Waals surface area contributed by atoms with E-state index in [1.165, 1.54) is 0 Å². The normalized spacial score (nSPS) is 11.1. The number of hydrogen-bond acceptors (Lipinski definition) is 2. The molecule has 1 aromatic carbocycles. The van der Waals surface area contributed by atoms with Crippen LogP contribution in [0.25, 0.3) is 10.1 Å². The molecule has 74 valence electrons. The van der Waals surface area contributed by atoms with E-state index < -0.39 is 0 Å². The van der Waals surface area contributed by atoms with Crippen molar-refractivity contribution in [2.24, 2.45) is 0 Å². The second-order valence-corrected chi connectivity index (χ2v) is 4.88. The summed E-state index contributed by atoms with van der Waals surface area (Å²) in [7, 11) is 0. The molecule has 2 rings (SSSR count). The minimum Gasteiger partial charge on any atom is -0.206 e. The predicted molar refractivity (Wildman–Crippen MR) is 63.1 cm³/mol. The lowest BCUT2D eigenvalue weighted by atomic mass is 10.2. The van der Waals surface area contributed by atoms with Crippen LogP contribution in [0.1, 0.15) is 5.56 Å². The smallest absolute Gasteiger partial charge is 0.136 e. The Kier molecular flexibility index (Phi) is 3.00. The summed E-state index contributed by atoms with van der Waals surface area (Å²) < 4.78 is 14.7. The summed E-state index contributed by atoms with van der Waals surface area (Å²) in [5, 5.41) is 2.60. The highest BCUT2D eigenvalue weighted by Gasteiger charge is 2.11. The number of rotatable bonds is 2. The van der Waals surface area contributed by atoms with Gasteiger partial charge in [-0.3, -0.25) is 0 Å². The number of benzene rings is 1. The first kappa shape index (κ1) is 10.3. The van der Waals surface area contributed by atoms with E-state index in [4.69, 9.17) is 11.6 Å². The van der Waals surface area contributed by atoms with E-state index in [1.54, 1.807) is 23.1 Å². The predicted octanol–water partition coefficient (Wildman–Crippen LogP) is 4.50. The van der Waals surface area contributed by atoms with Crippen molar-refractivity contribution >= 4 is 44.8 Å². The molecule has 0 spiro atoms.